The number of aromatic nitrogens is 3. The van der Waals surface area contributed by atoms with Gasteiger partial charge in [-0.25, -0.2) is 9.97 Å². The molecule has 1 aromatic carbocycles. The SMILES string of the molecule is O=c1cc(CN2CCC(c3nc4ccccc4s3)CC2)nc2sccn12. The summed E-state index contributed by atoms with van der Waals surface area (Å²) < 4.78 is 2.88. The van der Waals surface area contributed by atoms with Crippen LogP contribution in [0.5, 0.6) is 0 Å². The summed E-state index contributed by atoms with van der Waals surface area (Å²) in [7, 11) is 0. The second-order valence-electron chi connectivity index (χ2n) is 6.71. The van der Waals surface area contributed by atoms with Crippen molar-refractivity contribution < 1.29 is 0 Å². The van der Waals surface area contributed by atoms with Gasteiger partial charge in [-0.3, -0.25) is 14.1 Å². The number of hydrogen-bond acceptors (Lipinski definition) is 6. The van der Waals surface area contributed by atoms with E-state index < -0.39 is 0 Å². The predicted molar refractivity (Wildman–Crippen MR) is 106 cm³/mol. The molecule has 1 aliphatic heterocycles. The summed E-state index contributed by atoms with van der Waals surface area (Å²) in [5, 5.41) is 3.17. The highest BCUT2D eigenvalue weighted by molar-refractivity contribution is 7.18. The van der Waals surface area contributed by atoms with Crippen LogP contribution in [0, 0.1) is 0 Å². The summed E-state index contributed by atoms with van der Waals surface area (Å²) in [5.74, 6) is 0.544. The van der Waals surface area contributed by atoms with Gasteiger partial charge in [0, 0.05) is 30.1 Å². The van der Waals surface area contributed by atoms with Crippen LogP contribution >= 0.6 is 22.7 Å². The van der Waals surface area contributed by atoms with E-state index in [1.54, 1.807) is 16.7 Å². The van der Waals surface area contributed by atoms with Crippen molar-refractivity contribution in [1.82, 2.24) is 19.3 Å². The first-order chi connectivity index (χ1) is 12.8. The Kier molecular flexibility index (Phi) is 4.07. The van der Waals surface area contributed by atoms with Gasteiger partial charge in [-0.2, -0.15) is 0 Å². The summed E-state index contributed by atoms with van der Waals surface area (Å²) in [6, 6.07) is 10.0. The lowest BCUT2D eigenvalue weighted by molar-refractivity contribution is 0.202. The number of hydrogen-bond donors (Lipinski definition) is 0. The Balaban J connectivity index is 1.28. The van der Waals surface area contributed by atoms with E-state index in [2.05, 4.69) is 34.1 Å². The van der Waals surface area contributed by atoms with E-state index in [0.717, 1.165) is 48.6 Å². The highest BCUT2D eigenvalue weighted by Crippen LogP contribution is 2.34. The van der Waals surface area contributed by atoms with Crippen LogP contribution < -0.4 is 5.56 Å². The van der Waals surface area contributed by atoms with Crippen molar-refractivity contribution in [3.63, 3.8) is 0 Å². The smallest absolute Gasteiger partial charge is 0.258 e. The Labute approximate surface area is 158 Å². The van der Waals surface area contributed by atoms with Crippen LogP contribution in [0.25, 0.3) is 15.2 Å². The van der Waals surface area contributed by atoms with Gasteiger partial charge in [0.1, 0.15) is 0 Å². The monoisotopic (exact) mass is 382 g/mol. The van der Waals surface area contributed by atoms with Gasteiger partial charge in [0.2, 0.25) is 0 Å². The van der Waals surface area contributed by atoms with Gasteiger partial charge in [0.15, 0.2) is 4.96 Å². The van der Waals surface area contributed by atoms with E-state index in [1.165, 1.54) is 21.0 Å². The topological polar surface area (TPSA) is 50.5 Å². The van der Waals surface area contributed by atoms with Crippen LogP contribution in [0.1, 0.15) is 29.5 Å². The molecule has 0 bridgehead atoms. The molecule has 26 heavy (non-hydrogen) atoms. The van der Waals surface area contributed by atoms with E-state index in [0.29, 0.717) is 5.92 Å². The van der Waals surface area contributed by atoms with Gasteiger partial charge in [0.25, 0.3) is 5.56 Å². The molecule has 7 heteroatoms. The Morgan fingerprint density at radius 3 is 2.85 bits per heavy atom. The van der Waals surface area contributed by atoms with Crippen molar-refractivity contribution in [3.05, 3.63) is 63.0 Å². The van der Waals surface area contributed by atoms with Crippen molar-refractivity contribution in [1.29, 1.82) is 0 Å². The average molecular weight is 383 g/mol. The molecule has 1 saturated heterocycles. The number of nitrogens with zero attached hydrogens (tertiary/aromatic N) is 4. The van der Waals surface area contributed by atoms with Crippen LogP contribution in [0.4, 0.5) is 0 Å². The van der Waals surface area contributed by atoms with Gasteiger partial charge < -0.3 is 0 Å². The second-order valence-corrected chi connectivity index (χ2v) is 8.65. The Hall–Kier alpha value is -2.09. The number of benzene rings is 1. The number of fused-ring (bicyclic) bond motifs is 2. The van der Waals surface area contributed by atoms with Gasteiger partial charge >= 0.3 is 0 Å². The summed E-state index contributed by atoms with van der Waals surface area (Å²) in [4.78, 5) is 24.8. The molecule has 0 radical (unpaired) electrons. The average Bonchev–Trinajstić information content (AvgIpc) is 3.29. The van der Waals surface area contributed by atoms with Crippen molar-refractivity contribution in [2.24, 2.45) is 0 Å². The molecular weight excluding hydrogens is 364 g/mol. The van der Waals surface area contributed by atoms with Gasteiger partial charge in [-0.15, -0.1) is 22.7 Å². The minimum absolute atomic E-state index is 0.00983. The lowest BCUT2D eigenvalue weighted by atomic mass is 9.97. The molecule has 0 aliphatic carbocycles. The normalized spacial score (nSPS) is 16.6. The van der Waals surface area contributed by atoms with E-state index in [-0.39, 0.29) is 5.56 Å². The Bertz CT molecular complexity index is 1090. The summed E-state index contributed by atoms with van der Waals surface area (Å²) in [5.41, 5.74) is 2.00. The molecule has 3 aromatic heterocycles. The Morgan fingerprint density at radius 2 is 2.00 bits per heavy atom. The van der Waals surface area contributed by atoms with Crippen molar-refractivity contribution in [3.8, 4) is 0 Å². The fourth-order valence-corrected chi connectivity index (χ4v) is 5.48. The van der Waals surface area contributed by atoms with Crippen LogP contribution in [-0.2, 0) is 6.54 Å². The van der Waals surface area contributed by atoms with E-state index in [1.807, 2.05) is 16.7 Å². The molecule has 5 nitrogen and oxygen atoms in total. The maximum atomic E-state index is 12.1. The third-order valence-electron chi connectivity index (χ3n) is 4.99. The number of para-hydroxylation sites is 1. The van der Waals surface area contributed by atoms with Crippen molar-refractivity contribution in [2.75, 3.05) is 13.1 Å². The summed E-state index contributed by atoms with van der Waals surface area (Å²) >= 11 is 3.33. The minimum atomic E-state index is 0.00983. The van der Waals surface area contributed by atoms with Crippen molar-refractivity contribution in [2.45, 2.75) is 25.3 Å². The van der Waals surface area contributed by atoms with E-state index in [4.69, 9.17) is 4.98 Å². The molecule has 0 atom stereocenters. The number of rotatable bonds is 3. The molecule has 5 rings (SSSR count). The standard InChI is InChI=1S/C19H18N4OS2/c24-17-11-14(20-19-23(17)9-10-25-19)12-22-7-5-13(6-8-22)18-21-15-3-1-2-4-16(15)26-18/h1-4,9-11,13H,5-8,12H2. The van der Waals surface area contributed by atoms with Crippen molar-refractivity contribution >= 4 is 37.9 Å². The van der Waals surface area contributed by atoms with Crippen LogP contribution in [0.3, 0.4) is 0 Å². The zero-order valence-electron chi connectivity index (χ0n) is 14.2. The highest BCUT2D eigenvalue weighted by Gasteiger charge is 2.23. The molecule has 1 aliphatic rings. The number of thiazole rings is 2. The zero-order valence-corrected chi connectivity index (χ0v) is 15.8. The molecule has 1 fully saturated rings. The molecule has 0 amide bonds. The zero-order chi connectivity index (χ0) is 17.5. The van der Waals surface area contributed by atoms with Gasteiger partial charge in [-0.1, -0.05) is 12.1 Å². The fourth-order valence-electron chi connectivity index (χ4n) is 3.60. The third-order valence-corrected chi connectivity index (χ3v) is 6.94. The van der Waals surface area contributed by atoms with Gasteiger partial charge in [-0.05, 0) is 38.1 Å². The summed E-state index contributed by atoms with van der Waals surface area (Å²) in [6.45, 7) is 2.79. The second kappa shape index (κ2) is 6.57. The van der Waals surface area contributed by atoms with E-state index >= 15 is 0 Å². The maximum Gasteiger partial charge on any atom is 0.258 e. The molecule has 0 unspecified atom stereocenters. The first kappa shape index (κ1) is 16.1. The maximum absolute atomic E-state index is 12.1. The lowest BCUT2D eigenvalue weighted by Gasteiger charge is -2.30. The van der Waals surface area contributed by atoms with Gasteiger partial charge in [0.05, 0.1) is 20.9 Å². The molecule has 4 heterocycles. The quantitative estimate of drug-likeness (QED) is 0.542. The fraction of sp³-hybridized carbons (Fsp3) is 0.316. The first-order valence-electron chi connectivity index (χ1n) is 8.80. The van der Waals surface area contributed by atoms with Crippen LogP contribution in [-0.4, -0.2) is 32.4 Å². The number of piperidine rings is 1. The third kappa shape index (κ3) is 2.96. The minimum Gasteiger partial charge on any atom is -0.297 e. The number of likely N-dealkylation sites (tertiary alicyclic amines) is 1. The largest absolute Gasteiger partial charge is 0.297 e. The Morgan fingerprint density at radius 1 is 1.15 bits per heavy atom. The van der Waals surface area contributed by atoms with Crippen LogP contribution in [0.15, 0.2) is 46.7 Å². The molecule has 0 saturated carbocycles. The molecular formula is C19H18N4OS2. The lowest BCUT2D eigenvalue weighted by Crippen LogP contribution is -2.33. The molecule has 132 valence electrons. The first-order valence-corrected chi connectivity index (χ1v) is 10.5. The molecule has 4 aromatic rings. The van der Waals surface area contributed by atoms with Crippen LogP contribution in [0.2, 0.25) is 0 Å². The molecule has 0 N–H and O–H groups in total. The summed E-state index contributed by atoms with van der Waals surface area (Å²) in [6.07, 6.45) is 4.00. The predicted octanol–water partition coefficient (Wildman–Crippen LogP) is 3.75. The molecule has 0 spiro atoms. The van der Waals surface area contributed by atoms with E-state index in [9.17, 15) is 4.79 Å². The highest BCUT2D eigenvalue weighted by atomic mass is 32.1.